The van der Waals surface area contributed by atoms with Crippen LogP contribution in [0, 0.1) is 18.8 Å². The molecular formula is C18H23NO6. The lowest BCUT2D eigenvalue weighted by atomic mass is 9.77. The van der Waals surface area contributed by atoms with Gasteiger partial charge in [0.25, 0.3) is 0 Å². The van der Waals surface area contributed by atoms with Crippen LogP contribution in [0.1, 0.15) is 51.9 Å². The van der Waals surface area contributed by atoms with E-state index in [9.17, 15) is 14.4 Å². The van der Waals surface area contributed by atoms with Crippen molar-refractivity contribution in [1.82, 2.24) is 4.98 Å². The Bertz CT molecular complexity index is 701. The highest BCUT2D eigenvalue weighted by Crippen LogP contribution is 2.34. The van der Waals surface area contributed by atoms with E-state index < -0.39 is 17.9 Å². The van der Waals surface area contributed by atoms with Crippen molar-refractivity contribution in [2.45, 2.75) is 39.2 Å². The zero-order valence-corrected chi connectivity index (χ0v) is 14.7. The van der Waals surface area contributed by atoms with Crippen LogP contribution in [0.4, 0.5) is 0 Å². The van der Waals surface area contributed by atoms with Gasteiger partial charge in [-0.3, -0.25) is 9.59 Å². The lowest BCUT2D eigenvalue weighted by Gasteiger charge is -2.25. The zero-order valence-electron chi connectivity index (χ0n) is 14.7. The van der Waals surface area contributed by atoms with Crippen LogP contribution in [-0.4, -0.2) is 49.1 Å². The first-order chi connectivity index (χ1) is 11.9. The summed E-state index contributed by atoms with van der Waals surface area (Å²) in [5.41, 5.74) is 1.89. The molecule has 2 heterocycles. The number of Topliss-reactive ketones (excluding diaryl/α,β-unsaturated/α-hetero) is 1. The minimum absolute atomic E-state index is 0.0563. The Kier molecular flexibility index (Phi) is 4.94. The number of nitrogens with one attached hydrogen (secondary N) is 1. The second-order valence-electron chi connectivity index (χ2n) is 6.76. The second-order valence-corrected chi connectivity index (χ2v) is 6.76. The van der Waals surface area contributed by atoms with Crippen LogP contribution in [0.25, 0.3) is 0 Å². The van der Waals surface area contributed by atoms with Crippen LogP contribution in [0.15, 0.2) is 0 Å². The van der Waals surface area contributed by atoms with Gasteiger partial charge in [0.1, 0.15) is 18.2 Å². The van der Waals surface area contributed by atoms with Crippen LogP contribution >= 0.6 is 0 Å². The number of methoxy groups -OCH3 is 1. The Hall–Kier alpha value is -2.15. The molecule has 1 aromatic rings. The maximum atomic E-state index is 12.8. The van der Waals surface area contributed by atoms with Crippen LogP contribution < -0.4 is 0 Å². The Morgan fingerprint density at radius 3 is 2.76 bits per heavy atom. The summed E-state index contributed by atoms with van der Waals surface area (Å²) in [4.78, 5) is 40.1. The van der Waals surface area contributed by atoms with E-state index in [1.54, 1.807) is 6.92 Å². The third-order valence-corrected chi connectivity index (χ3v) is 5.04. The number of carbonyl (C=O) groups is 3. The standard InChI is InChI=1S/C18H23NO6/c1-9-7-12-14(16(20)13(9)17(21)23-3)10(2)15(19-12)18(22)25-8-11-5-4-6-24-11/h9,11,13,19H,4-8H2,1-3H3/t9-,11-,13+/m0/s1. The maximum Gasteiger partial charge on any atom is 0.355 e. The summed E-state index contributed by atoms with van der Waals surface area (Å²) in [5.74, 6) is -2.36. The van der Waals surface area contributed by atoms with Gasteiger partial charge in [0.05, 0.1) is 13.2 Å². The van der Waals surface area contributed by atoms with Crippen LogP contribution in [0.2, 0.25) is 0 Å². The first-order valence-electron chi connectivity index (χ1n) is 8.56. The number of hydrogen-bond donors (Lipinski definition) is 1. The van der Waals surface area contributed by atoms with Crippen molar-refractivity contribution in [2.24, 2.45) is 11.8 Å². The lowest BCUT2D eigenvalue weighted by Crippen LogP contribution is -2.36. The van der Waals surface area contributed by atoms with Crippen molar-refractivity contribution in [1.29, 1.82) is 0 Å². The van der Waals surface area contributed by atoms with Gasteiger partial charge >= 0.3 is 11.9 Å². The zero-order chi connectivity index (χ0) is 18.1. The number of rotatable bonds is 4. The summed E-state index contributed by atoms with van der Waals surface area (Å²) in [5, 5.41) is 0. The first-order valence-corrected chi connectivity index (χ1v) is 8.56. The van der Waals surface area contributed by atoms with E-state index >= 15 is 0 Å². The predicted molar refractivity (Wildman–Crippen MR) is 87.5 cm³/mol. The maximum absolute atomic E-state index is 12.8. The Morgan fingerprint density at radius 2 is 2.12 bits per heavy atom. The van der Waals surface area contributed by atoms with E-state index in [1.807, 2.05) is 6.92 Å². The number of esters is 2. The molecule has 0 saturated carbocycles. The van der Waals surface area contributed by atoms with Gasteiger partial charge in [0.2, 0.25) is 0 Å². The number of ketones is 1. The fraction of sp³-hybridized carbons (Fsp3) is 0.611. The van der Waals surface area contributed by atoms with Crippen LogP contribution in [0.5, 0.6) is 0 Å². The van der Waals surface area contributed by atoms with Gasteiger partial charge in [0, 0.05) is 17.9 Å². The van der Waals surface area contributed by atoms with Crippen molar-refractivity contribution in [3.05, 3.63) is 22.5 Å². The molecule has 1 saturated heterocycles. The summed E-state index contributed by atoms with van der Waals surface area (Å²) >= 11 is 0. The molecule has 1 N–H and O–H groups in total. The number of aromatic amines is 1. The summed E-state index contributed by atoms with van der Waals surface area (Å²) in [6, 6.07) is 0. The third-order valence-electron chi connectivity index (χ3n) is 5.04. The number of hydrogen-bond acceptors (Lipinski definition) is 6. The molecule has 0 spiro atoms. The molecule has 2 aliphatic rings. The summed E-state index contributed by atoms with van der Waals surface area (Å²) < 4.78 is 15.5. The van der Waals surface area contributed by atoms with E-state index in [0.29, 0.717) is 29.8 Å². The van der Waals surface area contributed by atoms with Crippen molar-refractivity contribution in [2.75, 3.05) is 20.3 Å². The molecular weight excluding hydrogens is 326 g/mol. The van der Waals surface area contributed by atoms with Crippen molar-refractivity contribution < 1.29 is 28.6 Å². The molecule has 0 unspecified atom stereocenters. The van der Waals surface area contributed by atoms with E-state index in [2.05, 4.69) is 4.98 Å². The van der Waals surface area contributed by atoms with Crippen molar-refractivity contribution in [3.8, 4) is 0 Å². The van der Waals surface area contributed by atoms with Crippen LogP contribution in [0.3, 0.4) is 0 Å². The molecule has 1 aliphatic heterocycles. The van der Waals surface area contributed by atoms with E-state index in [0.717, 1.165) is 12.8 Å². The molecule has 3 rings (SSSR count). The van der Waals surface area contributed by atoms with E-state index in [-0.39, 0.29) is 30.1 Å². The normalized spacial score (nSPS) is 25.6. The van der Waals surface area contributed by atoms with Gasteiger partial charge in [0.15, 0.2) is 5.78 Å². The Labute approximate surface area is 146 Å². The highest BCUT2D eigenvalue weighted by Gasteiger charge is 2.42. The number of H-pyrrole nitrogens is 1. The molecule has 7 nitrogen and oxygen atoms in total. The van der Waals surface area contributed by atoms with Gasteiger partial charge < -0.3 is 19.2 Å². The number of aromatic nitrogens is 1. The quantitative estimate of drug-likeness (QED) is 0.658. The number of fused-ring (bicyclic) bond motifs is 1. The molecule has 0 radical (unpaired) electrons. The molecule has 0 amide bonds. The van der Waals surface area contributed by atoms with E-state index in [1.165, 1.54) is 7.11 Å². The van der Waals surface area contributed by atoms with Gasteiger partial charge in [-0.05, 0) is 37.7 Å². The van der Waals surface area contributed by atoms with Crippen molar-refractivity contribution >= 4 is 17.7 Å². The smallest absolute Gasteiger partial charge is 0.355 e. The third kappa shape index (κ3) is 3.20. The summed E-state index contributed by atoms with van der Waals surface area (Å²) in [7, 11) is 1.27. The fourth-order valence-corrected chi connectivity index (χ4v) is 3.69. The summed E-state index contributed by atoms with van der Waals surface area (Å²) in [6.07, 6.45) is 2.30. The second kappa shape index (κ2) is 7.00. The molecule has 0 bridgehead atoms. The van der Waals surface area contributed by atoms with Gasteiger partial charge in [-0.25, -0.2) is 4.79 Å². The Balaban J connectivity index is 1.80. The average molecular weight is 349 g/mol. The highest BCUT2D eigenvalue weighted by atomic mass is 16.6. The minimum atomic E-state index is -0.831. The molecule has 136 valence electrons. The lowest BCUT2D eigenvalue weighted by molar-refractivity contribution is -0.145. The largest absolute Gasteiger partial charge is 0.468 e. The number of carbonyl (C=O) groups excluding carboxylic acids is 3. The molecule has 1 aliphatic carbocycles. The van der Waals surface area contributed by atoms with Crippen LogP contribution in [-0.2, 0) is 25.4 Å². The molecule has 7 heteroatoms. The molecule has 1 fully saturated rings. The van der Waals surface area contributed by atoms with E-state index in [4.69, 9.17) is 14.2 Å². The Morgan fingerprint density at radius 1 is 1.36 bits per heavy atom. The fourth-order valence-electron chi connectivity index (χ4n) is 3.69. The monoisotopic (exact) mass is 349 g/mol. The van der Waals surface area contributed by atoms with Gasteiger partial charge in [-0.1, -0.05) is 6.92 Å². The highest BCUT2D eigenvalue weighted by molar-refractivity contribution is 6.12. The van der Waals surface area contributed by atoms with Gasteiger partial charge in [-0.2, -0.15) is 0 Å². The molecule has 25 heavy (non-hydrogen) atoms. The average Bonchev–Trinajstić information content (AvgIpc) is 3.20. The SMILES string of the molecule is COC(=O)[C@H]1C(=O)c2c([nH]c(C(=O)OC[C@@H]3CCCO3)c2C)C[C@@H]1C. The summed E-state index contributed by atoms with van der Waals surface area (Å²) in [6.45, 7) is 4.42. The minimum Gasteiger partial charge on any atom is -0.468 e. The number of ether oxygens (including phenoxy) is 3. The molecule has 1 aromatic heterocycles. The predicted octanol–water partition coefficient (Wildman–Crippen LogP) is 1.82. The van der Waals surface area contributed by atoms with Crippen molar-refractivity contribution in [3.63, 3.8) is 0 Å². The van der Waals surface area contributed by atoms with Gasteiger partial charge in [-0.15, -0.1) is 0 Å². The molecule has 0 aromatic carbocycles. The first kappa shape index (κ1) is 17.7. The molecule has 3 atom stereocenters. The topological polar surface area (TPSA) is 94.7 Å².